The van der Waals surface area contributed by atoms with Crippen LogP contribution in [0.2, 0.25) is 0 Å². The van der Waals surface area contributed by atoms with E-state index in [1.165, 1.54) is 6.92 Å². The molecular formula is C7H12O3. The average Bonchev–Trinajstić information content (AvgIpc) is 1.97. The highest BCUT2D eigenvalue weighted by atomic mass is 16.6. The van der Waals surface area contributed by atoms with Gasteiger partial charge in [-0.15, -0.1) is 0 Å². The molecule has 1 fully saturated rings. The van der Waals surface area contributed by atoms with Gasteiger partial charge in [0.1, 0.15) is 6.10 Å². The van der Waals surface area contributed by atoms with Crippen molar-refractivity contribution >= 4 is 5.97 Å². The molecule has 3 nitrogen and oxygen atoms in total. The zero-order chi connectivity index (χ0) is 7.94. The van der Waals surface area contributed by atoms with Gasteiger partial charge in [0.2, 0.25) is 0 Å². The molecule has 0 aromatic heterocycles. The van der Waals surface area contributed by atoms with Gasteiger partial charge in [-0.1, -0.05) is 6.92 Å². The van der Waals surface area contributed by atoms with Gasteiger partial charge in [0.25, 0.3) is 0 Å². The van der Waals surface area contributed by atoms with Crippen LogP contribution in [0.15, 0.2) is 0 Å². The Hall–Kier alpha value is -0.570. The van der Waals surface area contributed by atoms with Crippen LogP contribution in [0.25, 0.3) is 0 Å². The van der Waals surface area contributed by atoms with Crippen molar-refractivity contribution in [3.8, 4) is 0 Å². The van der Waals surface area contributed by atoms with Gasteiger partial charge in [0.15, 0.2) is 5.60 Å². The normalized spacial score (nSPS) is 47.4. The second-order valence-electron chi connectivity index (χ2n) is 3.05. The number of ether oxygens (including phenoxy) is 1. The third-order valence-corrected chi connectivity index (χ3v) is 2.30. The molecule has 0 unspecified atom stereocenters. The third kappa shape index (κ3) is 0.814. The lowest BCUT2D eigenvalue weighted by Crippen LogP contribution is -2.36. The van der Waals surface area contributed by atoms with Crippen molar-refractivity contribution in [1.29, 1.82) is 0 Å². The van der Waals surface area contributed by atoms with Crippen LogP contribution in [0.1, 0.15) is 20.8 Å². The summed E-state index contributed by atoms with van der Waals surface area (Å²) >= 11 is 0. The minimum atomic E-state index is -1.28. The predicted molar refractivity (Wildman–Crippen MR) is 35.3 cm³/mol. The number of cyclic esters (lactones) is 1. The standard InChI is InChI=1S/C7H12O3/c1-4-5(2)10-6(8)7(4,3)9/h4-5,9H,1-3H3/t4-,5-,7+/m1/s1. The van der Waals surface area contributed by atoms with Gasteiger partial charge >= 0.3 is 5.97 Å². The molecule has 0 aliphatic carbocycles. The maximum atomic E-state index is 10.8. The second-order valence-corrected chi connectivity index (χ2v) is 3.05. The highest BCUT2D eigenvalue weighted by molar-refractivity contribution is 5.81. The van der Waals surface area contributed by atoms with Gasteiger partial charge < -0.3 is 9.84 Å². The molecule has 58 valence electrons. The van der Waals surface area contributed by atoms with E-state index in [2.05, 4.69) is 0 Å². The number of rotatable bonds is 0. The fourth-order valence-electron chi connectivity index (χ4n) is 1.03. The molecule has 0 radical (unpaired) electrons. The maximum absolute atomic E-state index is 10.8. The molecule has 3 heteroatoms. The monoisotopic (exact) mass is 144 g/mol. The maximum Gasteiger partial charge on any atom is 0.338 e. The summed E-state index contributed by atoms with van der Waals surface area (Å²) in [4.78, 5) is 10.8. The molecule has 0 amide bonds. The van der Waals surface area contributed by atoms with E-state index in [-0.39, 0.29) is 12.0 Å². The van der Waals surface area contributed by atoms with Crippen molar-refractivity contribution in [2.75, 3.05) is 0 Å². The Morgan fingerprint density at radius 3 is 2.20 bits per heavy atom. The number of hydrogen-bond donors (Lipinski definition) is 1. The Bertz CT molecular complexity index is 162. The van der Waals surface area contributed by atoms with Gasteiger partial charge in [-0.2, -0.15) is 0 Å². The summed E-state index contributed by atoms with van der Waals surface area (Å²) in [6.45, 7) is 5.07. The summed E-state index contributed by atoms with van der Waals surface area (Å²) < 4.78 is 4.80. The van der Waals surface area contributed by atoms with E-state index in [0.717, 1.165) is 0 Å². The van der Waals surface area contributed by atoms with Crippen molar-refractivity contribution in [3.05, 3.63) is 0 Å². The Labute approximate surface area is 60.0 Å². The average molecular weight is 144 g/mol. The predicted octanol–water partition coefficient (Wildman–Crippen LogP) is 0.319. The molecule has 1 rings (SSSR count). The minimum absolute atomic E-state index is 0.111. The largest absolute Gasteiger partial charge is 0.460 e. The van der Waals surface area contributed by atoms with Crippen molar-refractivity contribution < 1.29 is 14.6 Å². The number of hydrogen-bond acceptors (Lipinski definition) is 3. The molecular weight excluding hydrogens is 132 g/mol. The van der Waals surface area contributed by atoms with E-state index < -0.39 is 11.6 Å². The lowest BCUT2D eigenvalue weighted by atomic mass is 9.90. The fourth-order valence-corrected chi connectivity index (χ4v) is 1.03. The number of esters is 1. The molecule has 0 bridgehead atoms. The van der Waals surface area contributed by atoms with Gasteiger partial charge in [-0.25, -0.2) is 4.79 Å². The van der Waals surface area contributed by atoms with E-state index >= 15 is 0 Å². The minimum Gasteiger partial charge on any atom is -0.460 e. The van der Waals surface area contributed by atoms with Gasteiger partial charge in [0, 0.05) is 5.92 Å². The number of aliphatic hydroxyl groups is 1. The first kappa shape index (κ1) is 7.54. The number of carbonyl (C=O) groups is 1. The Morgan fingerprint density at radius 2 is 2.10 bits per heavy atom. The molecule has 0 spiro atoms. The second kappa shape index (κ2) is 1.95. The molecule has 1 N–H and O–H groups in total. The first-order valence-corrected chi connectivity index (χ1v) is 3.39. The Kier molecular flexibility index (Phi) is 1.47. The molecule has 0 saturated carbocycles. The van der Waals surface area contributed by atoms with Crippen LogP contribution in [-0.4, -0.2) is 22.8 Å². The topological polar surface area (TPSA) is 46.5 Å². The summed E-state index contributed by atoms with van der Waals surface area (Å²) in [5.41, 5.74) is -1.28. The van der Waals surface area contributed by atoms with Crippen LogP contribution in [-0.2, 0) is 9.53 Å². The van der Waals surface area contributed by atoms with Crippen LogP contribution in [0, 0.1) is 5.92 Å². The molecule has 1 saturated heterocycles. The van der Waals surface area contributed by atoms with Gasteiger partial charge in [0.05, 0.1) is 0 Å². The Balaban J connectivity index is 2.85. The van der Waals surface area contributed by atoms with Crippen LogP contribution >= 0.6 is 0 Å². The summed E-state index contributed by atoms with van der Waals surface area (Å²) in [6, 6.07) is 0. The van der Waals surface area contributed by atoms with Gasteiger partial charge in [-0.05, 0) is 13.8 Å². The smallest absolute Gasteiger partial charge is 0.338 e. The molecule has 1 heterocycles. The molecule has 3 atom stereocenters. The molecule has 0 aromatic carbocycles. The SMILES string of the molecule is C[C@@H]1[C@@H](C)OC(=O)[C@@]1(C)O. The van der Waals surface area contributed by atoms with E-state index in [4.69, 9.17) is 4.74 Å². The van der Waals surface area contributed by atoms with Crippen molar-refractivity contribution in [1.82, 2.24) is 0 Å². The lowest BCUT2D eigenvalue weighted by molar-refractivity contribution is -0.153. The third-order valence-electron chi connectivity index (χ3n) is 2.30. The van der Waals surface area contributed by atoms with Crippen LogP contribution in [0.5, 0.6) is 0 Å². The molecule has 10 heavy (non-hydrogen) atoms. The molecule has 0 aromatic rings. The quantitative estimate of drug-likeness (QED) is 0.498. The van der Waals surface area contributed by atoms with Crippen molar-refractivity contribution in [3.63, 3.8) is 0 Å². The summed E-state index contributed by atoms with van der Waals surface area (Å²) in [5.74, 6) is -0.618. The number of carbonyl (C=O) groups excluding carboxylic acids is 1. The van der Waals surface area contributed by atoms with E-state index in [0.29, 0.717) is 0 Å². The van der Waals surface area contributed by atoms with Gasteiger partial charge in [-0.3, -0.25) is 0 Å². The zero-order valence-corrected chi connectivity index (χ0v) is 6.42. The van der Waals surface area contributed by atoms with Crippen LogP contribution in [0.3, 0.4) is 0 Å². The van der Waals surface area contributed by atoms with E-state index in [1.807, 2.05) is 0 Å². The van der Waals surface area contributed by atoms with Crippen LogP contribution in [0.4, 0.5) is 0 Å². The highest BCUT2D eigenvalue weighted by Crippen LogP contribution is 2.30. The fraction of sp³-hybridized carbons (Fsp3) is 0.857. The summed E-state index contributed by atoms with van der Waals surface area (Å²) in [6.07, 6.45) is -0.164. The van der Waals surface area contributed by atoms with E-state index in [1.54, 1.807) is 13.8 Å². The summed E-state index contributed by atoms with van der Waals surface area (Å²) in [7, 11) is 0. The summed E-state index contributed by atoms with van der Waals surface area (Å²) in [5, 5.41) is 9.43. The molecule has 1 aliphatic heterocycles. The first-order chi connectivity index (χ1) is 4.46. The Morgan fingerprint density at radius 1 is 1.60 bits per heavy atom. The van der Waals surface area contributed by atoms with Crippen molar-refractivity contribution in [2.45, 2.75) is 32.5 Å². The highest BCUT2D eigenvalue weighted by Gasteiger charge is 2.48. The molecule has 1 aliphatic rings. The van der Waals surface area contributed by atoms with Crippen molar-refractivity contribution in [2.24, 2.45) is 5.92 Å². The van der Waals surface area contributed by atoms with E-state index in [9.17, 15) is 9.90 Å². The first-order valence-electron chi connectivity index (χ1n) is 3.39. The van der Waals surface area contributed by atoms with Crippen LogP contribution < -0.4 is 0 Å². The zero-order valence-electron chi connectivity index (χ0n) is 6.42. The lowest BCUT2D eigenvalue weighted by Gasteiger charge is -2.16.